The summed E-state index contributed by atoms with van der Waals surface area (Å²) >= 11 is 1.23. The molecule has 0 fully saturated rings. The number of aliphatic hydroxyl groups excluding tert-OH is 1. The zero-order chi connectivity index (χ0) is 10.1. The highest BCUT2D eigenvalue weighted by molar-refractivity contribution is 7.19. The second-order valence-corrected chi connectivity index (χ2v) is 3.94. The molecule has 74 valence electrons. The lowest BCUT2D eigenvalue weighted by Crippen LogP contribution is -1.85. The lowest BCUT2D eigenvalue weighted by Gasteiger charge is -1.99. The molecule has 0 unspecified atom stereocenters. The summed E-state index contributed by atoms with van der Waals surface area (Å²) in [5.41, 5.74) is 0. The molecule has 1 aromatic heterocycles. The highest BCUT2D eigenvalue weighted by Crippen LogP contribution is 2.38. The summed E-state index contributed by atoms with van der Waals surface area (Å²) in [6.07, 6.45) is 0. The number of rotatable bonds is 2. The van der Waals surface area contributed by atoms with Crippen LogP contribution in [0.4, 0.5) is 4.39 Å². The van der Waals surface area contributed by atoms with E-state index in [0.29, 0.717) is 15.3 Å². The minimum atomic E-state index is -0.273. The molecule has 4 heteroatoms. The van der Waals surface area contributed by atoms with Gasteiger partial charge in [-0.15, -0.1) is 11.3 Å². The van der Waals surface area contributed by atoms with Crippen LogP contribution in [-0.4, -0.2) is 12.2 Å². The van der Waals surface area contributed by atoms with Gasteiger partial charge in [0, 0.05) is 5.39 Å². The summed E-state index contributed by atoms with van der Waals surface area (Å²) in [4.78, 5) is 0.660. The molecular weight excluding hydrogens is 203 g/mol. The lowest BCUT2D eigenvalue weighted by molar-refractivity contribution is 0.278. The first-order valence-electron chi connectivity index (χ1n) is 4.12. The summed E-state index contributed by atoms with van der Waals surface area (Å²) in [6.45, 7) is -0.123. The standard InChI is InChI=1S/C10H9FO2S/c1-13-9-6-3-2-4-7(11)10(6)14-8(9)5-12/h2-4,12H,5H2,1H3. The number of benzene rings is 1. The van der Waals surface area contributed by atoms with Crippen molar-refractivity contribution >= 4 is 21.4 Å². The van der Waals surface area contributed by atoms with Crippen molar-refractivity contribution in [1.29, 1.82) is 0 Å². The van der Waals surface area contributed by atoms with Crippen LogP contribution in [0.2, 0.25) is 0 Å². The van der Waals surface area contributed by atoms with Gasteiger partial charge in [0.15, 0.2) is 0 Å². The number of methoxy groups -OCH3 is 1. The molecule has 0 aliphatic heterocycles. The Balaban J connectivity index is 2.79. The van der Waals surface area contributed by atoms with Gasteiger partial charge in [-0.05, 0) is 12.1 Å². The van der Waals surface area contributed by atoms with Gasteiger partial charge in [-0.2, -0.15) is 0 Å². The van der Waals surface area contributed by atoms with Crippen molar-refractivity contribution in [3.05, 3.63) is 28.9 Å². The summed E-state index contributed by atoms with van der Waals surface area (Å²) in [7, 11) is 1.52. The predicted octanol–water partition coefficient (Wildman–Crippen LogP) is 2.54. The van der Waals surface area contributed by atoms with Crippen LogP contribution < -0.4 is 4.74 Å². The molecule has 2 rings (SSSR count). The van der Waals surface area contributed by atoms with Crippen LogP contribution in [0.15, 0.2) is 18.2 Å². The van der Waals surface area contributed by atoms with Gasteiger partial charge in [-0.1, -0.05) is 6.07 Å². The quantitative estimate of drug-likeness (QED) is 0.829. The van der Waals surface area contributed by atoms with Crippen molar-refractivity contribution in [3.63, 3.8) is 0 Å². The topological polar surface area (TPSA) is 29.5 Å². The number of hydrogen-bond acceptors (Lipinski definition) is 3. The molecule has 0 saturated carbocycles. The monoisotopic (exact) mass is 212 g/mol. The summed E-state index contributed by atoms with van der Waals surface area (Å²) in [5, 5.41) is 9.77. The minimum absolute atomic E-state index is 0.123. The Hall–Kier alpha value is -1.13. The number of hydrogen-bond donors (Lipinski definition) is 1. The number of halogens is 1. The average molecular weight is 212 g/mol. The van der Waals surface area contributed by atoms with Crippen LogP contribution >= 0.6 is 11.3 Å². The minimum Gasteiger partial charge on any atom is -0.495 e. The first kappa shape index (κ1) is 9.43. The Bertz CT molecular complexity index is 464. The Kier molecular flexibility index (Phi) is 2.39. The van der Waals surface area contributed by atoms with Crippen molar-refractivity contribution in [2.75, 3.05) is 7.11 Å². The lowest BCUT2D eigenvalue weighted by atomic mass is 10.2. The van der Waals surface area contributed by atoms with Gasteiger partial charge in [0.1, 0.15) is 11.6 Å². The molecule has 0 spiro atoms. The number of ether oxygens (including phenoxy) is 1. The Morgan fingerprint density at radius 2 is 2.29 bits per heavy atom. The maximum absolute atomic E-state index is 13.3. The molecule has 0 aliphatic carbocycles. The van der Waals surface area contributed by atoms with Crippen molar-refractivity contribution in [1.82, 2.24) is 0 Å². The van der Waals surface area contributed by atoms with E-state index in [1.807, 2.05) is 0 Å². The predicted molar refractivity (Wildman–Crippen MR) is 54.3 cm³/mol. The highest BCUT2D eigenvalue weighted by atomic mass is 32.1. The molecule has 2 nitrogen and oxygen atoms in total. The van der Waals surface area contributed by atoms with E-state index in [9.17, 15) is 4.39 Å². The largest absolute Gasteiger partial charge is 0.495 e. The molecule has 0 amide bonds. The fourth-order valence-corrected chi connectivity index (χ4v) is 2.47. The van der Waals surface area contributed by atoms with Crippen molar-refractivity contribution < 1.29 is 14.2 Å². The van der Waals surface area contributed by atoms with Crippen LogP contribution in [0.25, 0.3) is 10.1 Å². The second kappa shape index (κ2) is 3.55. The van der Waals surface area contributed by atoms with Crippen LogP contribution in [0.3, 0.4) is 0 Å². The zero-order valence-corrected chi connectivity index (χ0v) is 8.40. The van der Waals surface area contributed by atoms with Crippen LogP contribution in [0.5, 0.6) is 5.75 Å². The van der Waals surface area contributed by atoms with Gasteiger partial charge < -0.3 is 9.84 Å². The molecule has 0 atom stereocenters. The van der Waals surface area contributed by atoms with E-state index < -0.39 is 0 Å². The van der Waals surface area contributed by atoms with Crippen LogP contribution in [-0.2, 0) is 6.61 Å². The average Bonchev–Trinajstić information content (AvgIpc) is 2.57. The molecule has 2 aromatic rings. The molecule has 1 aromatic carbocycles. The molecule has 14 heavy (non-hydrogen) atoms. The molecule has 1 heterocycles. The third kappa shape index (κ3) is 1.27. The molecule has 0 aliphatic rings. The maximum atomic E-state index is 13.3. The van der Waals surface area contributed by atoms with Crippen molar-refractivity contribution in [2.24, 2.45) is 0 Å². The third-order valence-electron chi connectivity index (χ3n) is 2.04. The van der Waals surface area contributed by atoms with Crippen LogP contribution in [0.1, 0.15) is 4.88 Å². The normalized spacial score (nSPS) is 10.8. The van der Waals surface area contributed by atoms with Gasteiger partial charge in [0.2, 0.25) is 0 Å². The first-order chi connectivity index (χ1) is 6.77. The van der Waals surface area contributed by atoms with E-state index in [0.717, 1.165) is 5.39 Å². The van der Waals surface area contributed by atoms with Crippen molar-refractivity contribution in [3.8, 4) is 5.75 Å². The Labute approximate surface area is 84.6 Å². The fourth-order valence-electron chi connectivity index (χ4n) is 1.44. The van der Waals surface area contributed by atoms with Gasteiger partial charge in [0.05, 0.1) is 23.3 Å². The number of aliphatic hydroxyl groups is 1. The van der Waals surface area contributed by atoms with Gasteiger partial charge in [-0.25, -0.2) is 4.39 Å². The first-order valence-corrected chi connectivity index (χ1v) is 4.94. The van der Waals surface area contributed by atoms with Gasteiger partial charge in [0.25, 0.3) is 0 Å². The molecular formula is C10H9FO2S. The number of thiophene rings is 1. The van der Waals surface area contributed by atoms with E-state index in [-0.39, 0.29) is 12.4 Å². The molecule has 0 bridgehead atoms. The summed E-state index contributed by atoms with van der Waals surface area (Å²) in [6, 6.07) is 4.82. The Morgan fingerprint density at radius 3 is 2.93 bits per heavy atom. The second-order valence-electron chi connectivity index (χ2n) is 2.83. The van der Waals surface area contributed by atoms with Crippen molar-refractivity contribution in [2.45, 2.75) is 6.61 Å². The SMILES string of the molecule is COc1c(CO)sc2c(F)cccc12. The van der Waals surface area contributed by atoms with E-state index in [1.165, 1.54) is 24.5 Å². The maximum Gasteiger partial charge on any atom is 0.143 e. The van der Waals surface area contributed by atoms with E-state index >= 15 is 0 Å². The molecule has 0 saturated heterocycles. The van der Waals surface area contributed by atoms with E-state index in [1.54, 1.807) is 12.1 Å². The molecule has 1 N–H and O–H groups in total. The fraction of sp³-hybridized carbons (Fsp3) is 0.200. The zero-order valence-electron chi connectivity index (χ0n) is 7.58. The smallest absolute Gasteiger partial charge is 0.143 e. The van der Waals surface area contributed by atoms with Crippen LogP contribution in [0, 0.1) is 5.82 Å². The Morgan fingerprint density at radius 1 is 1.50 bits per heavy atom. The highest BCUT2D eigenvalue weighted by Gasteiger charge is 2.14. The van der Waals surface area contributed by atoms with E-state index in [4.69, 9.17) is 9.84 Å². The third-order valence-corrected chi connectivity index (χ3v) is 3.22. The summed E-state index contributed by atoms with van der Waals surface area (Å²) < 4.78 is 19.0. The van der Waals surface area contributed by atoms with Gasteiger partial charge >= 0.3 is 0 Å². The van der Waals surface area contributed by atoms with Gasteiger partial charge in [-0.3, -0.25) is 0 Å². The summed E-state index contributed by atoms with van der Waals surface area (Å²) in [5.74, 6) is 0.303. The van der Waals surface area contributed by atoms with E-state index in [2.05, 4.69) is 0 Å². The molecule has 0 radical (unpaired) electrons. The number of fused-ring (bicyclic) bond motifs is 1.